The highest BCUT2D eigenvalue weighted by Crippen LogP contribution is 2.24. The average Bonchev–Trinajstić information content (AvgIpc) is 2.84. The highest BCUT2D eigenvalue weighted by Gasteiger charge is 2.12. The van der Waals surface area contributed by atoms with Gasteiger partial charge in [0.05, 0.1) is 5.71 Å². The van der Waals surface area contributed by atoms with E-state index in [0.717, 1.165) is 29.3 Å². The second-order valence-corrected chi connectivity index (χ2v) is 7.20. The molecule has 184 valence electrons. The van der Waals surface area contributed by atoms with Gasteiger partial charge in [-0.05, 0) is 68.7 Å². The van der Waals surface area contributed by atoms with Crippen molar-refractivity contribution in [2.45, 2.75) is 27.7 Å². The minimum atomic E-state index is -0.601. The smallest absolute Gasteiger partial charge is 0.178 e. The Kier molecular flexibility index (Phi) is 12.4. The summed E-state index contributed by atoms with van der Waals surface area (Å²) in [6.07, 6.45) is 7.22. The lowest BCUT2D eigenvalue weighted by atomic mass is 10.0. The van der Waals surface area contributed by atoms with Crippen LogP contribution in [-0.2, 0) is 4.84 Å². The van der Waals surface area contributed by atoms with Crippen molar-refractivity contribution < 1.29 is 18.0 Å². The number of aryl methyl sites for hydroxylation is 1. The predicted molar refractivity (Wildman–Crippen MR) is 137 cm³/mol. The number of rotatable bonds is 8. The first kappa shape index (κ1) is 29.0. The maximum atomic E-state index is 13.8. The molecule has 0 atom stereocenters. The number of nitrogens with zero attached hydrogens (tertiary/aromatic N) is 3. The Bertz CT molecular complexity index is 1170. The van der Waals surface area contributed by atoms with Gasteiger partial charge in [0.2, 0.25) is 0 Å². The molecular formula is C28H30F3N3O. The van der Waals surface area contributed by atoms with Crippen molar-refractivity contribution in [1.82, 2.24) is 0 Å². The Hall–Kier alpha value is -4.00. The number of hydrogen-bond acceptors (Lipinski definition) is 4. The summed E-state index contributed by atoms with van der Waals surface area (Å²) in [4.78, 5) is 5.31. The Morgan fingerprint density at radius 2 is 1.71 bits per heavy atom. The van der Waals surface area contributed by atoms with Crippen molar-refractivity contribution >= 4 is 5.71 Å². The molecule has 0 aromatic heterocycles. The van der Waals surface area contributed by atoms with Crippen LogP contribution in [-0.4, -0.2) is 12.8 Å². The lowest BCUT2D eigenvalue weighted by Gasteiger charge is -2.10. The summed E-state index contributed by atoms with van der Waals surface area (Å²) < 4.78 is 39.5. The summed E-state index contributed by atoms with van der Waals surface area (Å²) in [7, 11) is 1.52. The maximum absolute atomic E-state index is 13.8. The molecule has 7 heteroatoms. The van der Waals surface area contributed by atoms with Gasteiger partial charge in [0.25, 0.3) is 0 Å². The zero-order valence-corrected chi connectivity index (χ0v) is 20.6. The minimum absolute atomic E-state index is 0.00308. The monoisotopic (exact) mass is 481 g/mol. The molecule has 0 radical (unpaired) electrons. The van der Waals surface area contributed by atoms with E-state index >= 15 is 0 Å². The molecule has 0 N–H and O–H groups in total. The number of benzene rings is 2. The first-order valence-electron chi connectivity index (χ1n) is 10.7. The molecule has 0 heterocycles. The van der Waals surface area contributed by atoms with Crippen molar-refractivity contribution in [2.75, 3.05) is 7.05 Å². The molecule has 35 heavy (non-hydrogen) atoms. The van der Waals surface area contributed by atoms with Gasteiger partial charge < -0.3 is 4.84 Å². The van der Waals surface area contributed by atoms with Gasteiger partial charge in [-0.3, -0.25) is 0 Å². The number of hydrogen-bond donors (Lipinski definition) is 0. The SMILES string of the molecule is C=C/C=C(\C=C/C)C(/C)=C(/N=NC)C(=C)O/N=C(\C)c1cc(F)ccc1F.Cc1ccccc1F. The minimum Gasteiger partial charge on any atom is -0.355 e. The van der Waals surface area contributed by atoms with Crippen LogP contribution >= 0.6 is 0 Å². The molecule has 2 aromatic carbocycles. The molecular weight excluding hydrogens is 451 g/mol. The molecule has 0 unspecified atom stereocenters. The van der Waals surface area contributed by atoms with Crippen molar-refractivity contribution in [1.29, 1.82) is 0 Å². The zero-order valence-electron chi connectivity index (χ0n) is 20.6. The predicted octanol–water partition coefficient (Wildman–Crippen LogP) is 8.40. The van der Waals surface area contributed by atoms with Gasteiger partial charge in [-0.2, -0.15) is 10.2 Å². The Balaban J connectivity index is 0.000000642. The van der Waals surface area contributed by atoms with Crippen LogP contribution in [0.25, 0.3) is 0 Å². The first-order chi connectivity index (χ1) is 16.7. The summed E-state index contributed by atoms with van der Waals surface area (Å²) in [5, 5.41) is 11.7. The fourth-order valence-electron chi connectivity index (χ4n) is 2.73. The van der Waals surface area contributed by atoms with E-state index in [1.54, 1.807) is 25.1 Å². The summed E-state index contributed by atoms with van der Waals surface area (Å²) in [6, 6.07) is 9.81. The van der Waals surface area contributed by atoms with Crippen molar-refractivity contribution in [3.8, 4) is 0 Å². The van der Waals surface area contributed by atoms with Gasteiger partial charge in [-0.1, -0.05) is 60.8 Å². The first-order valence-corrected chi connectivity index (χ1v) is 10.7. The average molecular weight is 482 g/mol. The van der Waals surface area contributed by atoms with E-state index in [2.05, 4.69) is 28.5 Å². The van der Waals surface area contributed by atoms with Gasteiger partial charge in [-0.15, -0.1) is 0 Å². The molecule has 2 rings (SSSR count). The van der Waals surface area contributed by atoms with Gasteiger partial charge in [-0.25, -0.2) is 13.2 Å². The Labute approximate surface area is 205 Å². The van der Waals surface area contributed by atoms with Crippen LogP contribution in [0.3, 0.4) is 0 Å². The van der Waals surface area contributed by atoms with Crippen molar-refractivity contribution in [2.24, 2.45) is 15.4 Å². The third-order valence-corrected chi connectivity index (χ3v) is 4.58. The molecule has 0 aliphatic heterocycles. The second kappa shape index (κ2) is 15.0. The summed E-state index contributed by atoms with van der Waals surface area (Å²) >= 11 is 0. The van der Waals surface area contributed by atoms with Crippen molar-refractivity contribution in [3.05, 3.63) is 131 Å². The fourth-order valence-corrected chi connectivity index (χ4v) is 2.73. The summed E-state index contributed by atoms with van der Waals surface area (Å²) in [5.41, 5.74) is 2.83. The lowest BCUT2D eigenvalue weighted by molar-refractivity contribution is 0.236. The molecule has 0 saturated heterocycles. The third kappa shape index (κ3) is 9.41. The quantitative estimate of drug-likeness (QED) is 0.123. The van der Waals surface area contributed by atoms with E-state index in [1.807, 2.05) is 38.1 Å². The number of halogens is 3. The topological polar surface area (TPSA) is 46.3 Å². The number of azo groups is 1. The van der Waals surface area contributed by atoms with Crippen LogP contribution in [0, 0.1) is 24.4 Å². The molecule has 0 bridgehead atoms. The highest BCUT2D eigenvalue weighted by molar-refractivity contribution is 5.98. The standard InChI is InChI=1S/C21H23F2N3O.C7H7F/c1-7-9-17(10-8-2)14(3)21(25-24-6)16(5)27-26-15(4)19-13-18(22)11-12-20(19)23;1-6-4-2-3-5-7(6)8/h7-13H,1,5H2,2-4,6H3;2-5H,1H3/b10-8-,17-9+,21-14+,25-24?,26-15+;. The molecule has 0 fully saturated rings. The molecule has 2 aromatic rings. The lowest BCUT2D eigenvalue weighted by Crippen LogP contribution is -2.02. The third-order valence-electron chi connectivity index (χ3n) is 4.58. The molecule has 0 aliphatic carbocycles. The normalized spacial score (nSPS) is 12.8. The number of allylic oxidation sites excluding steroid dienone is 6. The second-order valence-electron chi connectivity index (χ2n) is 7.20. The largest absolute Gasteiger partial charge is 0.355 e. The van der Waals surface area contributed by atoms with Gasteiger partial charge in [0.1, 0.15) is 23.1 Å². The van der Waals surface area contributed by atoms with E-state index in [1.165, 1.54) is 20.0 Å². The van der Waals surface area contributed by atoms with Crippen LogP contribution in [0.1, 0.15) is 31.9 Å². The van der Waals surface area contributed by atoms with Crippen molar-refractivity contribution in [3.63, 3.8) is 0 Å². The Morgan fingerprint density at radius 1 is 1.03 bits per heavy atom. The fraction of sp³-hybridized carbons (Fsp3) is 0.179. The van der Waals surface area contributed by atoms with Crippen LogP contribution in [0.2, 0.25) is 0 Å². The van der Waals surface area contributed by atoms with E-state index in [4.69, 9.17) is 4.84 Å². The van der Waals surface area contributed by atoms with Gasteiger partial charge >= 0.3 is 0 Å². The Morgan fingerprint density at radius 3 is 2.26 bits per heavy atom. The van der Waals surface area contributed by atoms with Crippen LogP contribution < -0.4 is 0 Å². The zero-order chi connectivity index (χ0) is 26.4. The summed E-state index contributed by atoms with van der Waals surface area (Å²) in [6.45, 7) is 14.5. The molecule has 4 nitrogen and oxygen atoms in total. The van der Waals surface area contributed by atoms with E-state index in [0.29, 0.717) is 11.3 Å². The van der Waals surface area contributed by atoms with Crippen LogP contribution in [0.4, 0.5) is 13.2 Å². The summed E-state index contributed by atoms with van der Waals surface area (Å²) in [5.74, 6) is -1.18. The molecule has 0 aliphatic rings. The molecule has 0 spiro atoms. The molecule has 0 saturated carbocycles. The van der Waals surface area contributed by atoms with Crippen LogP contribution in [0.15, 0.2) is 118 Å². The van der Waals surface area contributed by atoms with Gasteiger partial charge in [0.15, 0.2) is 5.76 Å². The van der Waals surface area contributed by atoms with Crippen LogP contribution in [0.5, 0.6) is 0 Å². The maximum Gasteiger partial charge on any atom is 0.178 e. The highest BCUT2D eigenvalue weighted by atomic mass is 19.1. The van der Waals surface area contributed by atoms with E-state index in [9.17, 15) is 13.2 Å². The van der Waals surface area contributed by atoms with Gasteiger partial charge in [0, 0.05) is 12.6 Å². The van der Waals surface area contributed by atoms with E-state index in [-0.39, 0.29) is 22.9 Å². The van der Waals surface area contributed by atoms with E-state index < -0.39 is 11.6 Å². The molecule has 0 amide bonds. The number of oxime groups is 1.